The Hall–Kier alpha value is 0.568. The molecule has 33 heavy (non-hydrogen) atoms. The minimum atomic E-state index is -1.12. The first-order chi connectivity index (χ1) is 15.3. The van der Waals surface area contributed by atoms with Gasteiger partial charge in [0.1, 0.15) is 0 Å². The van der Waals surface area contributed by atoms with E-state index in [1.54, 1.807) is 0 Å². The van der Waals surface area contributed by atoms with E-state index in [1.807, 2.05) is 0 Å². The zero-order valence-corrected chi connectivity index (χ0v) is 25.0. The van der Waals surface area contributed by atoms with Crippen molar-refractivity contribution in [1.82, 2.24) is 0 Å². The molecule has 0 N–H and O–H groups in total. The number of halogens is 2. The molecule has 0 unspecified atom stereocenters. The van der Waals surface area contributed by atoms with Crippen LogP contribution in [0.2, 0.25) is 0 Å². The van der Waals surface area contributed by atoms with Crippen molar-refractivity contribution in [3.63, 3.8) is 0 Å². The van der Waals surface area contributed by atoms with E-state index in [-0.39, 0.29) is 31.9 Å². The van der Waals surface area contributed by atoms with Crippen LogP contribution in [0.3, 0.4) is 0 Å². The summed E-state index contributed by atoms with van der Waals surface area (Å²) in [5, 5.41) is 0. The van der Waals surface area contributed by atoms with Crippen molar-refractivity contribution >= 4 is 67.6 Å². The van der Waals surface area contributed by atoms with Gasteiger partial charge in [-0.25, -0.2) is 0 Å². The summed E-state index contributed by atoms with van der Waals surface area (Å²) in [4.78, 5) is 30.0. The first-order valence-corrected chi connectivity index (χ1v) is 11.9. The number of carbonyl (C=O) groups excluding carboxylic acids is 4. The number of alkyl halides is 2. The molecule has 0 amide bonds. The maximum Gasteiger partial charge on any atom is 0.332 e. The van der Waals surface area contributed by atoms with E-state index in [0.29, 0.717) is 51.4 Å². The Morgan fingerprint density at radius 2 is 0.848 bits per heavy atom. The SMILES string of the molecule is CC1(C)COP(OCCCl)OC1.CC1(C)COP(OCCCl)OC1.[C]=O.[C]=O.[C]=O.[C]=O.[W]. The molecule has 2 fully saturated rings. The molecule has 190 valence electrons. The van der Waals surface area contributed by atoms with Crippen molar-refractivity contribution in [2.45, 2.75) is 27.7 Å². The van der Waals surface area contributed by atoms with Gasteiger partial charge in [-0.1, -0.05) is 27.7 Å². The molecule has 0 aromatic heterocycles. The molecule has 2 saturated heterocycles. The minimum absolute atomic E-state index is 0. The van der Waals surface area contributed by atoms with Crippen molar-refractivity contribution in [2.24, 2.45) is 10.8 Å². The van der Waals surface area contributed by atoms with Crippen LogP contribution in [0.25, 0.3) is 0 Å². The van der Waals surface area contributed by atoms with Gasteiger partial charge in [0.05, 0.1) is 39.6 Å². The summed E-state index contributed by atoms with van der Waals surface area (Å²) in [6, 6.07) is 0. The molecule has 2 heterocycles. The van der Waals surface area contributed by atoms with Crippen LogP contribution < -0.4 is 0 Å². The van der Waals surface area contributed by atoms with Gasteiger partial charge >= 0.3 is 17.2 Å². The zero-order valence-electron chi connectivity index (χ0n) is 18.8. The van der Waals surface area contributed by atoms with Gasteiger partial charge in [-0.05, 0) is 0 Å². The van der Waals surface area contributed by atoms with E-state index >= 15 is 0 Å². The summed E-state index contributed by atoms with van der Waals surface area (Å²) in [5.41, 5.74) is 0.228. The van der Waals surface area contributed by atoms with Gasteiger partial charge < -0.3 is 27.1 Å². The standard InChI is InChI=1S/2C7H14ClO3P.4CO.W/c2*1-7(2)5-10-12(11-6-7)9-4-3-8;4*1-2;/h2*3-6H2,1-2H3;;;;;. The van der Waals surface area contributed by atoms with E-state index < -0.39 is 17.2 Å². The van der Waals surface area contributed by atoms with E-state index in [4.69, 9.17) is 69.5 Å². The summed E-state index contributed by atoms with van der Waals surface area (Å²) in [7, 11) is -2.24. The van der Waals surface area contributed by atoms with Crippen LogP contribution in [-0.2, 0) is 67.4 Å². The molecule has 0 aliphatic carbocycles. The molecule has 15 heteroatoms. The number of hydrogen-bond acceptors (Lipinski definition) is 10. The van der Waals surface area contributed by atoms with Gasteiger partial charge in [0, 0.05) is 43.7 Å². The smallest absolute Gasteiger partial charge is 0.312 e. The molecule has 8 radical (unpaired) electrons. The first kappa shape index (κ1) is 43.6. The van der Waals surface area contributed by atoms with E-state index in [9.17, 15) is 0 Å². The maximum atomic E-state index is 7.50. The summed E-state index contributed by atoms with van der Waals surface area (Å²) in [6.45, 7) is 30.2. The minimum Gasteiger partial charge on any atom is -0.312 e. The Kier molecular flexibility index (Phi) is 40.5. The van der Waals surface area contributed by atoms with Crippen molar-refractivity contribution in [3.05, 3.63) is 0 Å². The van der Waals surface area contributed by atoms with Crippen molar-refractivity contribution in [1.29, 1.82) is 0 Å². The second-order valence-electron chi connectivity index (χ2n) is 6.91. The van der Waals surface area contributed by atoms with Crippen LogP contribution in [0.1, 0.15) is 27.7 Å². The summed E-state index contributed by atoms with van der Waals surface area (Å²) in [5.74, 6) is 0.962. The number of rotatable bonds is 6. The Morgan fingerprint density at radius 3 is 1.03 bits per heavy atom. The molecule has 0 aromatic rings. The van der Waals surface area contributed by atoms with Gasteiger partial charge in [-0.2, -0.15) is 0 Å². The largest absolute Gasteiger partial charge is 0.332 e. The van der Waals surface area contributed by atoms with Crippen molar-refractivity contribution < 1.29 is 67.4 Å². The van der Waals surface area contributed by atoms with Crippen molar-refractivity contribution in [2.75, 3.05) is 51.4 Å². The van der Waals surface area contributed by atoms with Crippen molar-refractivity contribution in [3.8, 4) is 0 Å². The molecule has 2 aliphatic rings. The third kappa shape index (κ3) is 28.7. The first-order valence-electron chi connectivity index (χ1n) is 8.59. The summed E-state index contributed by atoms with van der Waals surface area (Å²) < 4.78 is 31.9. The Morgan fingerprint density at radius 1 is 0.636 bits per heavy atom. The van der Waals surface area contributed by atoms with E-state index in [1.165, 1.54) is 0 Å². The van der Waals surface area contributed by atoms with Crippen LogP contribution in [0, 0.1) is 10.8 Å². The fraction of sp³-hybridized carbons (Fsp3) is 0.778. The van der Waals surface area contributed by atoms with Gasteiger partial charge in [0.25, 0.3) is 27.2 Å². The topological polar surface area (TPSA) is 124 Å². The monoisotopic (exact) mass is 720 g/mol. The summed E-state index contributed by atoms with van der Waals surface area (Å²) >= 11 is 10.9. The van der Waals surface area contributed by atoms with E-state index in [0.717, 1.165) is 0 Å². The molecule has 10 nitrogen and oxygen atoms in total. The molecular formula is C18H28Cl2O10P2W. The molecule has 0 saturated carbocycles. The van der Waals surface area contributed by atoms with Gasteiger partial charge in [-0.15, -0.1) is 23.2 Å². The average Bonchev–Trinajstić information content (AvgIpc) is 2.83. The van der Waals surface area contributed by atoms with Crippen LogP contribution in [0.15, 0.2) is 0 Å². The van der Waals surface area contributed by atoms with Gasteiger partial charge in [0.2, 0.25) is 0 Å². The quantitative estimate of drug-likeness (QED) is 0.298. The third-order valence-electron chi connectivity index (χ3n) is 2.79. The van der Waals surface area contributed by atoms with Crippen LogP contribution in [0.4, 0.5) is 0 Å². The second-order valence-corrected chi connectivity index (χ2v) is 10.1. The van der Waals surface area contributed by atoms with Crippen LogP contribution >= 0.6 is 40.4 Å². The fourth-order valence-corrected chi connectivity index (χ4v) is 4.55. The Balaban J connectivity index is -0.000000119. The fourth-order valence-electron chi connectivity index (χ4n) is 1.43. The maximum absolute atomic E-state index is 7.50. The molecular weight excluding hydrogens is 693 g/mol. The molecule has 0 spiro atoms. The molecule has 0 aromatic carbocycles. The Bertz CT molecular complexity index is 358. The molecule has 0 atom stereocenters. The van der Waals surface area contributed by atoms with Crippen LogP contribution in [-0.4, -0.2) is 78.6 Å². The average molecular weight is 721 g/mol. The third-order valence-corrected chi connectivity index (χ3v) is 5.25. The normalized spacial score (nSPS) is 18.1. The van der Waals surface area contributed by atoms with Gasteiger partial charge in [0.15, 0.2) is 0 Å². The predicted molar refractivity (Wildman–Crippen MR) is 121 cm³/mol. The molecule has 2 aliphatic heterocycles. The zero-order chi connectivity index (χ0) is 26.1. The predicted octanol–water partition coefficient (Wildman–Crippen LogP) is 3.49. The van der Waals surface area contributed by atoms with E-state index in [2.05, 4.69) is 54.9 Å². The second kappa shape index (κ2) is 30.6. The Labute approximate surface area is 224 Å². The summed E-state index contributed by atoms with van der Waals surface area (Å²) in [6.07, 6.45) is 0. The van der Waals surface area contributed by atoms with Gasteiger partial charge in [-0.3, -0.25) is 19.2 Å². The molecule has 0 bridgehead atoms. The molecule has 2 rings (SSSR count). The van der Waals surface area contributed by atoms with Crippen LogP contribution in [0.5, 0.6) is 0 Å². The number of hydrogen-bond donors (Lipinski definition) is 0.